The molecule has 9 heteroatoms. The summed E-state index contributed by atoms with van der Waals surface area (Å²) in [5.74, 6) is 0.458. The Balaban J connectivity index is 1.49. The quantitative estimate of drug-likeness (QED) is 0.249. The standard InChI is InChI=1S/C24H34N8O/c1-3-21(4-2)31-14-19(13-29-31)24-23-5-6-28-32(23)15-22(30-24)18(11-25)12-26-7-8-27-20-9-17(10-20)16-33/h5-6,11-15,17,20-21,25-27,33H,3-4,7-10,16H2,1-2H3/b18-12+,25-11?. The first-order valence-corrected chi connectivity index (χ1v) is 11.8. The van der Waals surface area contributed by atoms with Crippen molar-refractivity contribution in [3.8, 4) is 11.3 Å². The molecule has 1 aliphatic carbocycles. The maximum absolute atomic E-state index is 9.12. The maximum atomic E-state index is 9.12. The molecule has 1 saturated carbocycles. The van der Waals surface area contributed by atoms with Crippen molar-refractivity contribution in [2.45, 2.75) is 51.6 Å². The van der Waals surface area contributed by atoms with Crippen LogP contribution in [0.25, 0.3) is 22.3 Å². The Bertz CT molecular complexity index is 1090. The van der Waals surface area contributed by atoms with E-state index in [9.17, 15) is 0 Å². The average molecular weight is 451 g/mol. The summed E-state index contributed by atoms with van der Waals surface area (Å²) in [6.07, 6.45) is 14.8. The third kappa shape index (κ3) is 5.15. The molecule has 0 atom stereocenters. The minimum atomic E-state index is 0.288. The number of allylic oxidation sites excluding steroid dienone is 1. The predicted octanol–water partition coefficient (Wildman–Crippen LogP) is 2.89. The van der Waals surface area contributed by atoms with Crippen LogP contribution in [0.2, 0.25) is 0 Å². The molecule has 3 aromatic rings. The number of hydrogen-bond acceptors (Lipinski definition) is 7. The topological polar surface area (TPSA) is 116 Å². The van der Waals surface area contributed by atoms with E-state index in [1.165, 1.54) is 6.21 Å². The Labute approximate surface area is 194 Å². The van der Waals surface area contributed by atoms with Crippen LogP contribution in [0.5, 0.6) is 0 Å². The van der Waals surface area contributed by atoms with Gasteiger partial charge in [0.1, 0.15) is 0 Å². The molecule has 0 spiro atoms. The van der Waals surface area contributed by atoms with E-state index in [2.05, 4.69) is 40.9 Å². The first kappa shape index (κ1) is 23.1. The van der Waals surface area contributed by atoms with Crippen molar-refractivity contribution in [3.05, 3.63) is 42.7 Å². The highest BCUT2D eigenvalue weighted by molar-refractivity contribution is 6.07. The van der Waals surface area contributed by atoms with E-state index in [-0.39, 0.29) is 6.61 Å². The van der Waals surface area contributed by atoms with Crippen LogP contribution in [0, 0.1) is 11.3 Å². The molecule has 176 valence electrons. The summed E-state index contributed by atoms with van der Waals surface area (Å²) in [6.45, 7) is 6.21. The van der Waals surface area contributed by atoms with Gasteiger partial charge in [0.2, 0.25) is 0 Å². The number of aromatic nitrogens is 5. The monoisotopic (exact) mass is 450 g/mol. The van der Waals surface area contributed by atoms with Gasteiger partial charge in [-0.2, -0.15) is 10.2 Å². The fourth-order valence-corrected chi connectivity index (χ4v) is 4.37. The van der Waals surface area contributed by atoms with Crippen molar-refractivity contribution < 1.29 is 5.11 Å². The summed E-state index contributed by atoms with van der Waals surface area (Å²) in [5.41, 5.74) is 4.02. The van der Waals surface area contributed by atoms with Gasteiger partial charge in [0.05, 0.1) is 41.5 Å². The van der Waals surface area contributed by atoms with Crippen molar-refractivity contribution in [1.29, 1.82) is 5.41 Å². The largest absolute Gasteiger partial charge is 0.396 e. The Kier molecular flexibility index (Phi) is 7.51. The lowest BCUT2D eigenvalue weighted by Crippen LogP contribution is -2.44. The minimum absolute atomic E-state index is 0.288. The number of nitrogens with one attached hydrogen (secondary N) is 3. The fraction of sp³-hybridized carbons (Fsp3) is 0.500. The Morgan fingerprint density at radius 1 is 1.24 bits per heavy atom. The highest BCUT2D eigenvalue weighted by Crippen LogP contribution is 2.27. The van der Waals surface area contributed by atoms with E-state index >= 15 is 0 Å². The molecule has 4 N–H and O–H groups in total. The van der Waals surface area contributed by atoms with E-state index < -0.39 is 0 Å². The maximum Gasteiger partial charge on any atom is 0.0999 e. The lowest BCUT2D eigenvalue weighted by Gasteiger charge is -2.34. The number of rotatable bonds is 12. The molecule has 3 heterocycles. The zero-order valence-electron chi connectivity index (χ0n) is 19.4. The van der Waals surface area contributed by atoms with Gasteiger partial charge in [-0.05, 0) is 37.7 Å². The van der Waals surface area contributed by atoms with E-state index in [0.29, 0.717) is 29.3 Å². The molecule has 0 unspecified atom stereocenters. The Morgan fingerprint density at radius 3 is 2.79 bits per heavy atom. The summed E-state index contributed by atoms with van der Waals surface area (Å²) in [5, 5.41) is 32.8. The summed E-state index contributed by atoms with van der Waals surface area (Å²) >= 11 is 0. The van der Waals surface area contributed by atoms with Crippen LogP contribution >= 0.6 is 0 Å². The van der Waals surface area contributed by atoms with Crippen LogP contribution in [-0.2, 0) is 0 Å². The molecule has 0 radical (unpaired) electrons. The van der Waals surface area contributed by atoms with Gasteiger partial charge in [0.15, 0.2) is 0 Å². The number of aliphatic hydroxyl groups is 1. The zero-order valence-corrected chi connectivity index (χ0v) is 19.4. The first-order chi connectivity index (χ1) is 16.2. The van der Waals surface area contributed by atoms with Crippen molar-refractivity contribution in [2.24, 2.45) is 5.92 Å². The van der Waals surface area contributed by atoms with E-state index in [0.717, 1.165) is 55.5 Å². The van der Waals surface area contributed by atoms with Crippen molar-refractivity contribution >= 4 is 17.3 Å². The van der Waals surface area contributed by atoms with Crippen LogP contribution in [0.4, 0.5) is 0 Å². The highest BCUT2D eigenvalue weighted by atomic mass is 16.3. The molecule has 4 rings (SSSR count). The summed E-state index contributed by atoms with van der Waals surface area (Å²) in [7, 11) is 0. The van der Waals surface area contributed by atoms with Crippen molar-refractivity contribution in [1.82, 2.24) is 35.0 Å². The fourth-order valence-electron chi connectivity index (χ4n) is 4.37. The summed E-state index contributed by atoms with van der Waals surface area (Å²) < 4.78 is 3.82. The van der Waals surface area contributed by atoms with Gasteiger partial charge >= 0.3 is 0 Å². The molecule has 0 aliphatic heterocycles. The van der Waals surface area contributed by atoms with E-state index in [1.807, 2.05) is 29.3 Å². The van der Waals surface area contributed by atoms with Gasteiger partial charge in [-0.25, -0.2) is 9.50 Å². The molecule has 3 aromatic heterocycles. The van der Waals surface area contributed by atoms with E-state index in [4.69, 9.17) is 15.5 Å². The lowest BCUT2D eigenvalue weighted by atomic mass is 9.81. The van der Waals surface area contributed by atoms with Gasteiger partial charge in [-0.3, -0.25) is 4.68 Å². The molecule has 0 aromatic carbocycles. The number of nitrogens with zero attached hydrogens (tertiary/aromatic N) is 5. The van der Waals surface area contributed by atoms with Crippen LogP contribution in [0.3, 0.4) is 0 Å². The number of aliphatic hydroxyl groups excluding tert-OH is 1. The minimum Gasteiger partial charge on any atom is -0.396 e. The second kappa shape index (κ2) is 10.7. The van der Waals surface area contributed by atoms with Crippen LogP contribution in [0.1, 0.15) is 51.3 Å². The predicted molar refractivity (Wildman–Crippen MR) is 130 cm³/mol. The SMILES string of the molecule is CCC(CC)n1cc(-c2nc(/C(C=N)=C/NCCNC3CC(CO)C3)cn3nccc23)cn1. The Hall–Kier alpha value is -3.04. The molecule has 0 bridgehead atoms. The lowest BCUT2D eigenvalue weighted by molar-refractivity contribution is 0.127. The normalized spacial score (nSPS) is 18.6. The number of fused-ring (bicyclic) bond motifs is 1. The second-order valence-electron chi connectivity index (χ2n) is 8.68. The smallest absolute Gasteiger partial charge is 0.0999 e. The molecule has 33 heavy (non-hydrogen) atoms. The molecule has 9 nitrogen and oxygen atoms in total. The van der Waals surface area contributed by atoms with Crippen LogP contribution < -0.4 is 10.6 Å². The van der Waals surface area contributed by atoms with Gasteiger partial charge in [0.25, 0.3) is 0 Å². The number of hydrogen-bond donors (Lipinski definition) is 4. The molecule has 0 saturated heterocycles. The van der Waals surface area contributed by atoms with Crippen molar-refractivity contribution in [2.75, 3.05) is 19.7 Å². The molecule has 1 fully saturated rings. The molecular formula is C24H34N8O. The zero-order chi connectivity index (χ0) is 23.2. The summed E-state index contributed by atoms with van der Waals surface area (Å²) in [6, 6.07) is 2.81. The first-order valence-electron chi connectivity index (χ1n) is 11.8. The van der Waals surface area contributed by atoms with Crippen LogP contribution in [0.15, 0.2) is 37.1 Å². The van der Waals surface area contributed by atoms with Gasteiger partial charge in [-0.15, -0.1) is 0 Å². The molecule has 1 aliphatic rings. The van der Waals surface area contributed by atoms with Crippen molar-refractivity contribution in [3.63, 3.8) is 0 Å². The third-order valence-electron chi connectivity index (χ3n) is 6.49. The van der Waals surface area contributed by atoms with Gasteiger partial charge in [-0.1, -0.05) is 13.8 Å². The molecular weight excluding hydrogens is 416 g/mol. The van der Waals surface area contributed by atoms with Gasteiger partial charge < -0.3 is 21.1 Å². The van der Waals surface area contributed by atoms with Gasteiger partial charge in [0, 0.05) is 55.5 Å². The second-order valence-corrected chi connectivity index (χ2v) is 8.68. The molecule has 0 amide bonds. The van der Waals surface area contributed by atoms with Crippen LogP contribution in [-0.4, -0.2) is 61.4 Å². The van der Waals surface area contributed by atoms with E-state index in [1.54, 1.807) is 10.7 Å². The summed E-state index contributed by atoms with van der Waals surface area (Å²) in [4.78, 5) is 4.89. The Morgan fingerprint density at radius 2 is 2.06 bits per heavy atom. The third-order valence-corrected chi connectivity index (χ3v) is 6.49. The highest BCUT2D eigenvalue weighted by Gasteiger charge is 2.27. The average Bonchev–Trinajstić information content (AvgIpc) is 3.47.